The molecule has 0 spiro atoms. The summed E-state index contributed by atoms with van der Waals surface area (Å²) < 4.78 is 16.1. The van der Waals surface area contributed by atoms with Gasteiger partial charge in [0.1, 0.15) is 6.04 Å². The fourth-order valence-electron chi connectivity index (χ4n) is 4.37. The van der Waals surface area contributed by atoms with Crippen molar-refractivity contribution in [3.05, 3.63) is 52.6 Å². The predicted octanol–water partition coefficient (Wildman–Crippen LogP) is 3.56. The summed E-state index contributed by atoms with van der Waals surface area (Å²) in [5.41, 5.74) is 3.20. The van der Waals surface area contributed by atoms with E-state index in [1.807, 2.05) is 32.0 Å². The lowest BCUT2D eigenvalue weighted by molar-refractivity contribution is -0.126. The molecule has 2 aromatic rings. The number of nitrogens with one attached hydrogen (secondary N) is 1. The number of amides is 2. The Labute approximate surface area is 200 Å². The van der Waals surface area contributed by atoms with Crippen molar-refractivity contribution in [1.29, 1.82) is 5.26 Å². The third-order valence-electron chi connectivity index (χ3n) is 5.98. The monoisotopic (exact) mass is 465 g/mol. The van der Waals surface area contributed by atoms with E-state index in [2.05, 4.69) is 11.4 Å². The van der Waals surface area contributed by atoms with Gasteiger partial charge >= 0.3 is 0 Å². The van der Waals surface area contributed by atoms with Gasteiger partial charge in [-0.15, -0.1) is 0 Å². The first-order valence-electron chi connectivity index (χ1n) is 11.2. The van der Waals surface area contributed by atoms with Gasteiger partial charge in [-0.1, -0.05) is 17.2 Å². The molecule has 0 aromatic heterocycles. The second kappa shape index (κ2) is 10.9. The number of nitriles is 1. The Balaban J connectivity index is 1.75. The van der Waals surface area contributed by atoms with E-state index in [0.717, 1.165) is 17.5 Å². The molecule has 2 atom stereocenters. The molecule has 1 N–H and O–H groups in total. The Morgan fingerprint density at radius 1 is 1.03 bits per heavy atom. The quantitative estimate of drug-likeness (QED) is 0.671. The molecule has 2 unspecified atom stereocenters. The Kier molecular flexibility index (Phi) is 8.00. The number of carbonyl (C=O) groups is 2. The summed E-state index contributed by atoms with van der Waals surface area (Å²) in [7, 11) is 4.48. The molecule has 0 bridgehead atoms. The highest BCUT2D eigenvalue weighted by Crippen LogP contribution is 2.39. The Hall–Kier alpha value is -3.73. The number of carbonyl (C=O) groups excluding carboxylic acids is 2. The summed E-state index contributed by atoms with van der Waals surface area (Å²) in [5, 5.41) is 12.6. The van der Waals surface area contributed by atoms with Crippen molar-refractivity contribution in [2.75, 3.05) is 34.4 Å². The second-order valence-electron chi connectivity index (χ2n) is 8.50. The molecule has 1 saturated heterocycles. The summed E-state index contributed by atoms with van der Waals surface area (Å²) in [4.78, 5) is 27.9. The first-order valence-corrected chi connectivity index (χ1v) is 11.2. The lowest BCUT2D eigenvalue weighted by atomic mass is 9.95. The number of hydrogen-bond acceptors (Lipinski definition) is 6. The standard InChI is InChI=1S/C26H31N3O5/c1-16-9-17(2)11-20(10-16)26(31)29-8-6-7-18(15-29)25(30)28-21(14-27)19-12-22(32-3)24(34-5)23(13-19)33-4/h9-13,18,21H,6-8,15H2,1-5H3,(H,28,30). The number of hydrogen-bond donors (Lipinski definition) is 1. The summed E-state index contributed by atoms with van der Waals surface area (Å²) in [5.74, 6) is 0.457. The van der Waals surface area contributed by atoms with Crippen LogP contribution in [0.2, 0.25) is 0 Å². The molecule has 0 aliphatic carbocycles. The van der Waals surface area contributed by atoms with Crippen molar-refractivity contribution in [3.8, 4) is 23.3 Å². The molecule has 1 aliphatic heterocycles. The summed E-state index contributed by atoms with van der Waals surface area (Å²) in [6, 6.07) is 10.3. The molecule has 3 rings (SSSR count). The van der Waals surface area contributed by atoms with Crippen LogP contribution in [0, 0.1) is 31.1 Å². The van der Waals surface area contributed by atoms with Gasteiger partial charge in [0.05, 0.1) is 33.3 Å². The van der Waals surface area contributed by atoms with E-state index in [1.165, 1.54) is 21.3 Å². The van der Waals surface area contributed by atoms with Crippen molar-refractivity contribution < 1.29 is 23.8 Å². The molecule has 0 saturated carbocycles. The van der Waals surface area contributed by atoms with Gasteiger partial charge < -0.3 is 24.4 Å². The first kappa shape index (κ1) is 24.9. The number of nitrogens with zero attached hydrogens (tertiary/aromatic N) is 2. The van der Waals surface area contributed by atoms with E-state index in [-0.39, 0.29) is 11.8 Å². The zero-order valence-electron chi connectivity index (χ0n) is 20.3. The third-order valence-corrected chi connectivity index (χ3v) is 5.98. The zero-order valence-corrected chi connectivity index (χ0v) is 20.3. The van der Waals surface area contributed by atoms with Gasteiger partial charge in [-0.3, -0.25) is 9.59 Å². The van der Waals surface area contributed by atoms with Crippen LogP contribution < -0.4 is 19.5 Å². The zero-order chi connectivity index (χ0) is 24.8. The number of methoxy groups -OCH3 is 3. The Bertz CT molecular complexity index is 1060. The molecule has 34 heavy (non-hydrogen) atoms. The molecule has 8 nitrogen and oxygen atoms in total. The first-order chi connectivity index (χ1) is 16.3. The lowest BCUT2D eigenvalue weighted by Gasteiger charge is -2.32. The normalized spacial score (nSPS) is 16.2. The second-order valence-corrected chi connectivity index (χ2v) is 8.50. The van der Waals surface area contributed by atoms with Crippen LogP contribution in [0.4, 0.5) is 0 Å². The molecule has 0 radical (unpaired) electrons. The highest BCUT2D eigenvalue weighted by Gasteiger charge is 2.31. The topological polar surface area (TPSA) is 101 Å². The van der Waals surface area contributed by atoms with Crippen LogP contribution in [0.3, 0.4) is 0 Å². The SMILES string of the molecule is COc1cc(C(C#N)NC(=O)C2CCCN(C(=O)c3cc(C)cc(C)c3)C2)cc(OC)c1OC. The van der Waals surface area contributed by atoms with Crippen molar-refractivity contribution in [2.45, 2.75) is 32.7 Å². The third kappa shape index (κ3) is 5.42. The van der Waals surface area contributed by atoms with Gasteiger partial charge in [0, 0.05) is 18.7 Å². The maximum atomic E-state index is 13.1. The van der Waals surface area contributed by atoms with Crippen molar-refractivity contribution in [3.63, 3.8) is 0 Å². The largest absolute Gasteiger partial charge is 0.493 e. The summed E-state index contributed by atoms with van der Waals surface area (Å²) in [6.45, 7) is 4.83. The number of likely N-dealkylation sites (tertiary alicyclic amines) is 1. The maximum absolute atomic E-state index is 13.1. The number of ether oxygens (including phenoxy) is 3. The van der Waals surface area contributed by atoms with Crippen molar-refractivity contribution >= 4 is 11.8 Å². The van der Waals surface area contributed by atoms with E-state index in [1.54, 1.807) is 17.0 Å². The van der Waals surface area contributed by atoms with E-state index >= 15 is 0 Å². The van der Waals surface area contributed by atoms with Crippen LogP contribution in [-0.4, -0.2) is 51.1 Å². The fraction of sp³-hybridized carbons (Fsp3) is 0.423. The van der Waals surface area contributed by atoms with Crippen LogP contribution in [0.5, 0.6) is 17.2 Å². The van der Waals surface area contributed by atoms with Crippen molar-refractivity contribution in [1.82, 2.24) is 10.2 Å². The summed E-state index contributed by atoms with van der Waals surface area (Å²) in [6.07, 6.45) is 1.37. The molecule has 8 heteroatoms. The highest BCUT2D eigenvalue weighted by atomic mass is 16.5. The Morgan fingerprint density at radius 2 is 1.65 bits per heavy atom. The molecule has 2 aromatic carbocycles. The van der Waals surface area contributed by atoms with Crippen LogP contribution in [0.25, 0.3) is 0 Å². The average molecular weight is 466 g/mol. The minimum absolute atomic E-state index is 0.0780. The molecule has 2 amide bonds. The van der Waals surface area contributed by atoms with Gasteiger partial charge in [-0.05, 0) is 56.5 Å². The van der Waals surface area contributed by atoms with Crippen molar-refractivity contribution in [2.24, 2.45) is 5.92 Å². The molecule has 180 valence electrons. The number of aryl methyl sites for hydroxylation is 2. The fourth-order valence-corrected chi connectivity index (χ4v) is 4.37. The van der Waals surface area contributed by atoms with Gasteiger partial charge in [0.25, 0.3) is 5.91 Å². The van der Waals surface area contributed by atoms with Crippen LogP contribution in [-0.2, 0) is 4.79 Å². The number of piperidine rings is 1. The lowest BCUT2D eigenvalue weighted by Crippen LogP contribution is -2.46. The predicted molar refractivity (Wildman–Crippen MR) is 127 cm³/mol. The van der Waals surface area contributed by atoms with Gasteiger partial charge in [-0.2, -0.15) is 5.26 Å². The maximum Gasteiger partial charge on any atom is 0.253 e. The van der Waals surface area contributed by atoms with Crippen LogP contribution in [0.15, 0.2) is 30.3 Å². The molecular formula is C26H31N3O5. The number of rotatable bonds is 7. The van der Waals surface area contributed by atoms with E-state index in [9.17, 15) is 14.9 Å². The van der Waals surface area contributed by atoms with Crippen LogP contribution in [0.1, 0.15) is 45.9 Å². The van der Waals surface area contributed by atoms with Gasteiger partial charge in [0.2, 0.25) is 11.7 Å². The molecule has 1 aliphatic rings. The minimum atomic E-state index is -0.910. The summed E-state index contributed by atoms with van der Waals surface area (Å²) >= 11 is 0. The van der Waals surface area contributed by atoms with Crippen LogP contribution >= 0.6 is 0 Å². The molecule has 1 fully saturated rings. The van der Waals surface area contributed by atoms with E-state index < -0.39 is 12.0 Å². The highest BCUT2D eigenvalue weighted by molar-refractivity contribution is 5.95. The number of benzene rings is 2. The molecular weight excluding hydrogens is 434 g/mol. The average Bonchev–Trinajstić information content (AvgIpc) is 2.85. The molecule has 1 heterocycles. The van der Waals surface area contributed by atoms with E-state index in [4.69, 9.17) is 14.2 Å². The van der Waals surface area contributed by atoms with Gasteiger partial charge in [0.15, 0.2) is 11.5 Å². The minimum Gasteiger partial charge on any atom is -0.493 e. The van der Waals surface area contributed by atoms with Gasteiger partial charge in [-0.25, -0.2) is 0 Å². The van der Waals surface area contributed by atoms with E-state index in [0.29, 0.717) is 47.9 Å². The Morgan fingerprint density at radius 3 is 2.18 bits per heavy atom. The smallest absolute Gasteiger partial charge is 0.253 e.